The van der Waals surface area contributed by atoms with E-state index in [4.69, 9.17) is 0 Å². The highest BCUT2D eigenvalue weighted by Crippen LogP contribution is 2.31. The molecule has 3 aromatic rings. The van der Waals surface area contributed by atoms with Crippen molar-refractivity contribution in [3.8, 4) is 0 Å². The van der Waals surface area contributed by atoms with Crippen LogP contribution in [0.5, 0.6) is 0 Å². The summed E-state index contributed by atoms with van der Waals surface area (Å²) in [5, 5.41) is 18.0. The van der Waals surface area contributed by atoms with Crippen LogP contribution in [0, 0.1) is 0 Å². The van der Waals surface area contributed by atoms with Crippen molar-refractivity contribution in [2.24, 2.45) is 0 Å². The van der Waals surface area contributed by atoms with Crippen LogP contribution in [0.4, 0.5) is 0 Å². The summed E-state index contributed by atoms with van der Waals surface area (Å²) in [6.45, 7) is 3.60. The molecule has 2 N–H and O–H groups in total. The number of aliphatic hydroxyl groups is 1. The number of aryl methyl sites for hydroxylation is 1. The van der Waals surface area contributed by atoms with Gasteiger partial charge in [-0.3, -0.25) is 14.0 Å². The van der Waals surface area contributed by atoms with E-state index in [2.05, 4.69) is 10.4 Å². The Bertz CT molecular complexity index is 1060. The maximum Gasteiger partial charge on any atom is 0.291 e. The minimum absolute atomic E-state index is 0.0431. The first-order valence-corrected chi connectivity index (χ1v) is 8.90. The monoisotopic (exact) mass is 354 g/mol. The molecule has 1 saturated carbocycles. The average molecular weight is 354 g/mol. The van der Waals surface area contributed by atoms with Crippen molar-refractivity contribution >= 4 is 22.3 Å². The zero-order valence-electron chi connectivity index (χ0n) is 14.9. The van der Waals surface area contributed by atoms with Crippen LogP contribution in [0.15, 0.2) is 35.1 Å². The van der Waals surface area contributed by atoms with Crippen molar-refractivity contribution in [3.05, 3.63) is 46.5 Å². The van der Waals surface area contributed by atoms with E-state index in [9.17, 15) is 14.7 Å². The quantitative estimate of drug-likeness (QED) is 0.738. The van der Waals surface area contributed by atoms with Gasteiger partial charge in [-0.25, -0.2) is 4.68 Å². The van der Waals surface area contributed by atoms with Gasteiger partial charge in [-0.15, -0.1) is 0 Å². The number of nitrogens with one attached hydrogen (secondary N) is 1. The SMILES string of the molecule is CCc1nn(CC(=O)NC2CC(C)(O)C2)c(=O)c2cc3ccccc3n12. The van der Waals surface area contributed by atoms with E-state index in [-0.39, 0.29) is 24.1 Å². The molecule has 26 heavy (non-hydrogen) atoms. The summed E-state index contributed by atoms with van der Waals surface area (Å²) in [6.07, 6.45) is 1.71. The van der Waals surface area contributed by atoms with Gasteiger partial charge >= 0.3 is 0 Å². The second-order valence-corrected chi connectivity index (χ2v) is 7.33. The molecule has 7 heteroatoms. The van der Waals surface area contributed by atoms with Gasteiger partial charge < -0.3 is 10.4 Å². The summed E-state index contributed by atoms with van der Waals surface area (Å²) in [4.78, 5) is 25.1. The molecule has 2 heterocycles. The molecular formula is C19H22N4O3. The maximum atomic E-state index is 12.8. The van der Waals surface area contributed by atoms with Gasteiger partial charge in [-0.2, -0.15) is 5.10 Å². The molecule has 4 rings (SSSR count). The molecule has 136 valence electrons. The van der Waals surface area contributed by atoms with Crippen LogP contribution in [0.3, 0.4) is 0 Å². The molecule has 1 amide bonds. The molecule has 1 aromatic carbocycles. The van der Waals surface area contributed by atoms with Gasteiger partial charge in [0.15, 0.2) is 0 Å². The Kier molecular flexibility index (Phi) is 3.84. The first kappa shape index (κ1) is 16.8. The molecule has 0 aliphatic heterocycles. The standard InChI is InChI=1S/C19H22N4O3/c1-3-16-21-22(11-17(24)20-13-9-19(2,26)10-13)18(25)15-8-12-6-4-5-7-14(12)23(15)16/h4-8,13,26H,3,9-11H2,1-2H3,(H,20,24). The predicted octanol–water partition coefficient (Wildman–Crippen LogP) is 1.24. The van der Waals surface area contributed by atoms with Gasteiger partial charge in [0.2, 0.25) is 5.91 Å². The Morgan fingerprint density at radius 1 is 1.35 bits per heavy atom. The minimum atomic E-state index is -0.701. The van der Waals surface area contributed by atoms with E-state index >= 15 is 0 Å². The van der Waals surface area contributed by atoms with E-state index in [1.807, 2.05) is 41.7 Å². The van der Waals surface area contributed by atoms with Crippen molar-refractivity contribution in [1.29, 1.82) is 0 Å². The van der Waals surface area contributed by atoms with Crippen LogP contribution in [0.2, 0.25) is 0 Å². The topological polar surface area (TPSA) is 88.6 Å². The number of benzene rings is 1. The van der Waals surface area contributed by atoms with Crippen molar-refractivity contribution in [2.75, 3.05) is 0 Å². The van der Waals surface area contributed by atoms with Gasteiger partial charge in [0.25, 0.3) is 5.56 Å². The molecule has 0 radical (unpaired) electrons. The lowest BCUT2D eigenvalue weighted by molar-refractivity contribution is -0.125. The van der Waals surface area contributed by atoms with Gasteiger partial charge in [0.05, 0.1) is 11.1 Å². The van der Waals surface area contributed by atoms with Crippen LogP contribution in [0.25, 0.3) is 16.4 Å². The molecule has 1 aliphatic carbocycles. The number of hydrogen-bond acceptors (Lipinski definition) is 4. The number of amides is 1. The molecule has 0 atom stereocenters. The fourth-order valence-electron chi connectivity index (χ4n) is 3.80. The highest BCUT2D eigenvalue weighted by atomic mass is 16.3. The van der Waals surface area contributed by atoms with Crippen molar-refractivity contribution in [1.82, 2.24) is 19.5 Å². The second kappa shape index (κ2) is 5.95. The molecule has 0 spiro atoms. The molecule has 7 nitrogen and oxygen atoms in total. The fourth-order valence-corrected chi connectivity index (χ4v) is 3.80. The van der Waals surface area contributed by atoms with Crippen LogP contribution in [0.1, 0.15) is 32.5 Å². The van der Waals surface area contributed by atoms with Crippen molar-refractivity contribution < 1.29 is 9.90 Å². The zero-order valence-corrected chi connectivity index (χ0v) is 14.9. The number of aromatic nitrogens is 3. The predicted molar refractivity (Wildman–Crippen MR) is 98.1 cm³/mol. The smallest absolute Gasteiger partial charge is 0.291 e. The molecular weight excluding hydrogens is 332 g/mol. The summed E-state index contributed by atoms with van der Waals surface area (Å²) < 4.78 is 3.11. The van der Waals surface area contributed by atoms with Crippen LogP contribution in [-0.2, 0) is 17.8 Å². The Balaban J connectivity index is 1.67. The molecule has 0 bridgehead atoms. The number of carbonyl (C=O) groups is 1. The first-order valence-electron chi connectivity index (χ1n) is 8.90. The van der Waals surface area contributed by atoms with Gasteiger partial charge in [0.1, 0.15) is 17.9 Å². The third-order valence-electron chi connectivity index (χ3n) is 5.01. The first-order chi connectivity index (χ1) is 12.4. The normalized spacial score (nSPS) is 22.5. The number of nitrogens with zero attached hydrogens (tertiary/aromatic N) is 3. The zero-order chi connectivity index (χ0) is 18.5. The molecule has 2 aromatic heterocycles. The molecule has 1 aliphatic rings. The summed E-state index contributed by atoms with van der Waals surface area (Å²) in [7, 11) is 0. The number of hydrogen-bond donors (Lipinski definition) is 2. The Hall–Kier alpha value is -2.67. The Morgan fingerprint density at radius 2 is 2.08 bits per heavy atom. The third kappa shape index (κ3) is 2.78. The Labute approximate surface area is 150 Å². The van der Waals surface area contributed by atoms with E-state index in [0.717, 1.165) is 16.7 Å². The molecule has 0 saturated heterocycles. The number of fused-ring (bicyclic) bond motifs is 3. The third-order valence-corrected chi connectivity index (χ3v) is 5.01. The van der Waals surface area contributed by atoms with Gasteiger partial charge in [-0.1, -0.05) is 25.1 Å². The number of carbonyl (C=O) groups excluding carboxylic acids is 1. The average Bonchev–Trinajstić information content (AvgIpc) is 2.96. The maximum absolute atomic E-state index is 12.8. The van der Waals surface area contributed by atoms with E-state index in [0.29, 0.717) is 24.8 Å². The number of rotatable bonds is 4. The highest BCUT2D eigenvalue weighted by molar-refractivity contribution is 5.87. The lowest BCUT2D eigenvalue weighted by Crippen LogP contribution is -2.54. The lowest BCUT2D eigenvalue weighted by Gasteiger charge is -2.41. The largest absolute Gasteiger partial charge is 0.390 e. The van der Waals surface area contributed by atoms with Crippen molar-refractivity contribution in [2.45, 2.75) is 51.3 Å². The number of para-hydroxylation sites is 1. The second-order valence-electron chi connectivity index (χ2n) is 7.33. The fraction of sp³-hybridized carbons (Fsp3) is 0.421. The lowest BCUT2D eigenvalue weighted by atomic mass is 9.77. The minimum Gasteiger partial charge on any atom is -0.390 e. The summed E-state index contributed by atoms with van der Waals surface area (Å²) >= 11 is 0. The Morgan fingerprint density at radius 3 is 2.77 bits per heavy atom. The molecule has 1 fully saturated rings. The van der Waals surface area contributed by atoms with Gasteiger partial charge in [-0.05, 0) is 31.9 Å². The van der Waals surface area contributed by atoms with Crippen molar-refractivity contribution in [3.63, 3.8) is 0 Å². The van der Waals surface area contributed by atoms with E-state index < -0.39 is 5.60 Å². The van der Waals surface area contributed by atoms with Crippen LogP contribution >= 0.6 is 0 Å². The molecule has 0 unspecified atom stereocenters. The summed E-state index contributed by atoms with van der Waals surface area (Å²) in [5.74, 6) is 0.475. The highest BCUT2D eigenvalue weighted by Gasteiger charge is 2.39. The summed E-state index contributed by atoms with van der Waals surface area (Å²) in [6, 6.07) is 9.58. The summed E-state index contributed by atoms with van der Waals surface area (Å²) in [5.41, 5.74) is 0.483. The van der Waals surface area contributed by atoms with Crippen LogP contribution in [-0.4, -0.2) is 36.8 Å². The van der Waals surface area contributed by atoms with Crippen LogP contribution < -0.4 is 10.9 Å². The van der Waals surface area contributed by atoms with Gasteiger partial charge in [0, 0.05) is 17.8 Å². The van der Waals surface area contributed by atoms with E-state index in [1.165, 1.54) is 4.68 Å². The van der Waals surface area contributed by atoms with E-state index in [1.54, 1.807) is 6.92 Å².